The average molecular weight is 286 g/mol. The molecule has 108 valence electrons. The molecule has 3 nitrogen and oxygen atoms in total. The van der Waals surface area contributed by atoms with Crippen molar-refractivity contribution in [3.63, 3.8) is 0 Å². The molecule has 0 amide bonds. The van der Waals surface area contributed by atoms with E-state index < -0.39 is 5.97 Å². The van der Waals surface area contributed by atoms with Gasteiger partial charge in [0.2, 0.25) is 0 Å². The summed E-state index contributed by atoms with van der Waals surface area (Å²) in [5, 5.41) is 8.64. The van der Waals surface area contributed by atoms with Crippen LogP contribution in [0.3, 0.4) is 0 Å². The molecule has 2 rings (SSSR count). The maximum atomic E-state index is 13.1. The van der Waals surface area contributed by atoms with Crippen LogP contribution in [0.5, 0.6) is 11.5 Å². The van der Waals surface area contributed by atoms with Crippen molar-refractivity contribution < 1.29 is 19.0 Å². The van der Waals surface area contributed by atoms with E-state index >= 15 is 0 Å². The number of halogens is 1. The Morgan fingerprint density at radius 2 is 1.86 bits per heavy atom. The van der Waals surface area contributed by atoms with Crippen LogP contribution >= 0.6 is 0 Å². The summed E-state index contributed by atoms with van der Waals surface area (Å²) in [5.41, 5.74) is 2.32. The quantitative estimate of drug-likeness (QED) is 0.851. The van der Waals surface area contributed by atoms with Gasteiger partial charge < -0.3 is 9.84 Å². The van der Waals surface area contributed by atoms with E-state index in [9.17, 15) is 9.18 Å². The minimum atomic E-state index is -1.01. The van der Waals surface area contributed by atoms with E-state index in [1.165, 1.54) is 18.2 Å². The molecular weight excluding hydrogens is 271 g/mol. The van der Waals surface area contributed by atoms with Crippen LogP contribution in [0.2, 0.25) is 0 Å². The van der Waals surface area contributed by atoms with E-state index in [0.29, 0.717) is 17.1 Å². The number of hydrogen-bond donors (Lipinski definition) is 1. The fraction of sp³-hybridized carbons (Fsp3) is 0.118. The summed E-state index contributed by atoms with van der Waals surface area (Å²) in [5.74, 6) is -0.141. The fourth-order valence-electron chi connectivity index (χ4n) is 1.84. The number of hydrogen-bond acceptors (Lipinski definition) is 2. The molecule has 21 heavy (non-hydrogen) atoms. The van der Waals surface area contributed by atoms with Gasteiger partial charge in [0.25, 0.3) is 0 Å². The Balaban J connectivity index is 2.30. The highest BCUT2D eigenvalue weighted by atomic mass is 19.1. The predicted molar refractivity (Wildman–Crippen MR) is 79.1 cm³/mol. The second kappa shape index (κ2) is 6.22. The molecule has 2 aromatic rings. The highest BCUT2D eigenvalue weighted by molar-refractivity contribution is 5.85. The van der Waals surface area contributed by atoms with Crippen LogP contribution in [0.1, 0.15) is 16.7 Å². The second-order valence-electron chi connectivity index (χ2n) is 4.71. The molecule has 4 heteroatoms. The standard InChI is InChI=1S/C17H15FO3/c1-11-3-4-13(5-8-17(19)20)10-16(11)21-15-7-6-14(18)9-12(15)2/h3-10H,1-2H3,(H,19,20)/b8-5+. The monoisotopic (exact) mass is 286 g/mol. The first-order chi connectivity index (χ1) is 9.95. The van der Waals surface area contributed by atoms with Crippen LogP contribution in [0, 0.1) is 19.7 Å². The number of carboxylic acids is 1. The Morgan fingerprint density at radius 3 is 2.52 bits per heavy atom. The lowest BCUT2D eigenvalue weighted by Gasteiger charge is -2.11. The first kappa shape index (κ1) is 14.8. The van der Waals surface area contributed by atoms with Gasteiger partial charge in [0.05, 0.1) is 0 Å². The third kappa shape index (κ3) is 3.92. The molecule has 0 spiro atoms. The van der Waals surface area contributed by atoms with E-state index in [0.717, 1.165) is 17.2 Å². The van der Waals surface area contributed by atoms with Gasteiger partial charge in [0, 0.05) is 6.08 Å². The molecule has 0 aliphatic carbocycles. The van der Waals surface area contributed by atoms with Crippen molar-refractivity contribution >= 4 is 12.0 Å². The lowest BCUT2D eigenvalue weighted by Crippen LogP contribution is -1.92. The van der Waals surface area contributed by atoms with E-state index in [4.69, 9.17) is 9.84 Å². The first-order valence-electron chi connectivity index (χ1n) is 6.41. The van der Waals surface area contributed by atoms with Crippen LogP contribution in [-0.2, 0) is 4.79 Å². The fourth-order valence-corrected chi connectivity index (χ4v) is 1.84. The molecule has 0 bridgehead atoms. The summed E-state index contributed by atoms with van der Waals surface area (Å²) in [6.45, 7) is 3.65. The summed E-state index contributed by atoms with van der Waals surface area (Å²) >= 11 is 0. The van der Waals surface area contributed by atoms with Crippen molar-refractivity contribution in [1.29, 1.82) is 0 Å². The molecule has 0 aromatic heterocycles. The Morgan fingerprint density at radius 1 is 1.10 bits per heavy atom. The highest BCUT2D eigenvalue weighted by Gasteiger charge is 2.06. The number of carboxylic acid groups (broad SMARTS) is 1. The molecule has 0 radical (unpaired) electrons. The van der Waals surface area contributed by atoms with Gasteiger partial charge in [-0.3, -0.25) is 0 Å². The van der Waals surface area contributed by atoms with Crippen molar-refractivity contribution in [2.24, 2.45) is 0 Å². The number of ether oxygens (including phenoxy) is 1. The zero-order chi connectivity index (χ0) is 15.4. The minimum Gasteiger partial charge on any atom is -0.478 e. The molecule has 0 unspecified atom stereocenters. The van der Waals surface area contributed by atoms with Crippen molar-refractivity contribution in [2.45, 2.75) is 13.8 Å². The van der Waals surface area contributed by atoms with E-state index in [-0.39, 0.29) is 5.82 Å². The van der Waals surface area contributed by atoms with Gasteiger partial charge >= 0.3 is 5.97 Å². The zero-order valence-corrected chi connectivity index (χ0v) is 11.8. The van der Waals surface area contributed by atoms with Crippen LogP contribution in [0.15, 0.2) is 42.5 Å². The molecule has 0 saturated carbocycles. The maximum Gasteiger partial charge on any atom is 0.328 e. The van der Waals surface area contributed by atoms with Crippen LogP contribution in [-0.4, -0.2) is 11.1 Å². The molecule has 0 aliphatic heterocycles. The number of carbonyl (C=O) groups is 1. The number of benzene rings is 2. The minimum absolute atomic E-state index is 0.310. The molecule has 0 heterocycles. The van der Waals surface area contributed by atoms with Crippen molar-refractivity contribution in [2.75, 3.05) is 0 Å². The summed E-state index contributed by atoms with van der Waals surface area (Å²) in [7, 11) is 0. The second-order valence-corrected chi connectivity index (χ2v) is 4.71. The highest BCUT2D eigenvalue weighted by Crippen LogP contribution is 2.29. The SMILES string of the molecule is Cc1cc(F)ccc1Oc1cc(/C=C/C(=O)O)ccc1C. The van der Waals surface area contributed by atoms with Gasteiger partial charge in [-0.1, -0.05) is 12.1 Å². The average Bonchev–Trinajstić information content (AvgIpc) is 2.42. The summed E-state index contributed by atoms with van der Waals surface area (Å²) in [4.78, 5) is 10.5. The van der Waals surface area contributed by atoms with Gasteiger partial charge in [0.15, 0.2) is 0 Å². The van der Waals surface area contributed by atoms with Crippen molar-refractivity contribution in [3.05, 3.63) is 65.0 Å². The molecule has 0 fully saturated rings. The molecule has 0 aliphatic rings. The van der Waals surface area contributed by atoms with Gasteiger partial charge in [0.1, 0.15) is 17.3 Å². The summed E-state index contributed by atoms with van der Waals surface area (Å²) < 4.78 is 18.9. The molecule has 0 atom stereocenters. The van der Waals surface area contributed by atoms with E-state index in [1.54, 1.807) is 25.1 Å². The van der Waals surface area contributed by atoms with Gasteiger partial charge in [-0.05, 0) is 60.9 Å². The topological polar surface area (TPSA) is 46.5 Å². The predicted octanol–water partition coefficient (Wildman–Crippen LogP) is 4.33. The lowest BCUT2D eigenvalue weighted by atomic mass is 10.1. The molecular formula is C17H15FO3. The third-order valence-electron chi connectivity index (χ3n) is 2.99. The van der Waals surface area contributed by atoms with E-state index in [2.05, 4.69) is 0 Å². The third-order valence-corrected chi connectivity index (χ3v) is 2.99. The normalized spacial score (nSPS) is 10.8. The van der Waals surface area contributed by atoms with Crippen LogP contribution in [0.25, 0.3) is 6.08 Å². The number of rotatable bonds is 4. The van der Waals surface area contributed by atoms with Crippen molar-refractivity contribution in [1.82, 2.24) is 0 Å². The van der Waals surface area contributed by atoms with E-state index in [1.807, 2.05) is 13.0 Å². The zero-order valence-electron chi connectivity index (χ0n) is 11.8. The van der Waals surface area contributed by atoms with Crippen LogP contribution in [0.4, 0.5) is 4.39 Å². The number of aryl methyl sites for hydroxylation is 2. The summed E-state index contributed by atoms with van der Waals surface area (Å²) in [6.07, 6.45) is 2.56. The molecule has 1 N–H and O–H groups in total. The van der Waals surface area contributed by atoms with Crippen molar-refractivity contribution in [3.8, 4) is 11.5 Å². The van der Waals surface area contributed by atoms with Crippen LogP contribution < -0.4 is 4.74 Å². The Hall–Kier alpha value is -2.62. The smallest absolute Gasteiger partial charge is 0.328 e. The Bertz CT molecular complexity index is 705. The Labute approximate surface area is 122 Å². The lowest BCUT2D eigenvalue weighted by molar-refractivity contribution is -0.131. The van der Waals surface area contributed by atoms with Gasteiger partial charge in [-0.15, -0.1) is 0 Å². The molecule has 2 aromatic carbocycles. The Kier molecular flexibility index (Phi) is 4.38. The van der Waals surface area contributed by atoms with Gasteiger partial charge in [-0.25, -0.2) is 9.18 Å². The maximum absolute atomic E-state index is 13.1. The first-order valence-corrected chi connectivity index (χ1v) is 6.41. The largest absolute Gasteiger partial charge is 0.478 e. The number of aliphatic carboxylic acids is 1. The molecule has 0 saturated heterocycles. The summed E-state index contributed by atoms with van der Waals surface area (Å²) in [6, 6.07) is 9.71. The van der Waals surface area contributed by atoms with Gasteiger partial charge in [-0.2, -0.15) is 0 Å².